The number of amides is 2. The number of piperidine rings is 2. The molecule has 2 aliphatic rings. The third-order valence-electron chi connectivity index (χ3n) is 8.98. The van der Waals surface area contributed by atoms with Crippen molar-refractivity contribution >= 4 is 29.4 Å². The summed E-state index contributed by atoms with van der Waals surface area (Å²) in [5.74, 6) is -1.57. The maximum Gasteiger partial charge on any atom is 0.410 e. The summed E-state index contributed by atoms with van der Waals surface area (Å²) in [6.07, 6.45) is 7.11. The molecule has 1 aromatic carbocycles. The highest BCUT2D eigenvalue weighted by atomic mass is 18.2. The molecule has 2 fully saturated rings. The van der Waals surface area contributed by atoms with E-state index < -0.39 is 23.3 Å². The molecule has 2 amide bonds. The van der Waals surface area contributed by atoms with Gasteiger partial charge in [-0.05, 0) is 82.1 Å². The predicted molar refractivity (Wildman–Crippen MR) is 174 cm³/mol. The van der Waals surface area contributed by atoms with Crippen LogP contribution in [0.15, 0.2) is 36.7 Å². The van der Waals surface area contributed by atoms with E-state index in [-0.39, 0.29) is 42.2 Å². The number of methoxy groups -OCH3 is 1. The van der Waals surface area contributed by atoms with E-state index >= 15 is 0 Å². The van der Waals surface area contributed by atoms with Crippen LogP contribution in [-0.4, -0.2) is 77.4 Å². The van der Waals surface area contributed by atoms with Crippen molar-refractivity contribution in [3.05, 3.63) is 59.5 Å². The van der Waals surface area contributed by atoms with Gasteiger partial charge in [0.15, 0.2) is 0 Å². The standard InChI is InChI=1S/C36H45FN4O6/c1-36(2,3)47-35(45)40-15-12-24(13-16-40)8-11-33(43)41-14-6-7-26(23-41)32(42)19-27(20-34(44)46-5)29-17-28(21-39-22-29)25-9-10-31(38-4)30(37)18-25/h9-10,17-18,21-22,24,26-27H,6-8,11-16,19-20,23H2,1-3,5H3/t26-,27?/m1/s1/i37-1. The predicted octanol–water partition coefficient (Wildman–Crippen LogP) is 6.71. The zero-order valence-corrected chi connectivity index (χ0v) is 27.8. The molecule has 0 radical (unpaired) electrons. The van der Waals surface area contributed by atoms with Crippen LogP contribution in [0.5, 0.6) is 0 Å². The Kier molecular flexibility index (Phi) is 12.1. The molecule has 1 aromatic heterocycles. The summed E-state index contributed by atoms with van der Waals surface area (Å²) < 4.78 is 24.7. The van der Waals surface area contributed by atoms with Gasteiger partial charge in [0.05, 0.1) is 20.1 Å². The van der Waals surface area contributed by atoms with Gasteiger partial charge in [0.2, 0.25) is 11.6 Å². The third-order valence-corrected chi connectivity index (χ3v) is 8.98. The second-order valence-electron chi connectivity index (χ2n) is 13.6. The summed E-state index contributed by atoms with van der Waals surface area (Å²) >= 11 is 0. The smallest absolute Gasteiger partial charge is 0.410 e. The molecule has 47 heavy (non-hydrogen) atoms. The maximum absolute atomic E-state index is 14.3. The molecule has 10 nitrogen and oxygen atoms in total. The zero-order valence-electron chi connectivity index (χ0n) is 27.8. The van der Waals surface area contributed by atoms with Gasteiger partial charge in [-0.2, -0.15) is 0 Å². The highest BCUT2D eigenvalue weighted by Gasteiger charge is 2.32. The van der Waals surface area contributed by atoms with E-state index in [1.807, 2.05) is 20.8 Å². The van der Waals surface area contributed by atoms with E-state index in [1.165, 1.54) is 19.2 Å². The Bertz CT molecular complexity index is 1490. The largest absolute Gasteiger partial charge is 0.469 e. The molecule has 2 saturated heterocycles. The van der Waals surface area contributed by atoms with Crippen molar-refractivity contribution in [3.8, 4) is 11.1 Å². The topological polar surface area (TPSA) is 110 Å². The Morgan fingerprint density at radius 2 is 1.77 bits per heavy atom. The van der Waals surface area contributed by atoms with Crippen LogP contribution >= 0.6 is 0 Å². The average Bonchev–Trinajstić information content (AvgIpc) is 3.06. The van der Waals surface area contributed by atoms with E-state index in [2.05, 4.69) is 9.83 Å². The van der Waals surface area contributed by atoms with Gasteiger partial charge in [0.25, 0.3) is 0 Å². The number of Topliss-reactive ketones (excluding diaryl/α,β-unsaturated/α-hetero) is 1. The fourth-order valence-electron chi connectivity index (χ4n) is 6.30. The Hall–Kier alpha value is -4.33. The molecule has 0 spiro atoms. The van der Waals surface area contributed by atoms with Crippen LogP contribution in [0.3, 0.4) is 0 Å². The number of ketones is 1. The highest BCUT2D eigenvalue weighted by Crippen LogP contribution is 2.32. The first kappa shape index (κ1) is 35.5. The van der Waals surface area contributed by atoms with Crippen molar-refractivity contribution in [2.45, 2.75) is 83.7 Å². The molecule has 0 aliphatic carbocycles. The minimum atomic E-state index is -0.635. The van der Waals surface area contributed by atoms with Gasteiger partial charge in [0, 0.05) is 68.8 Å². The Labute approximate surface area is 276 Å². The molecule has 0 saturated carbocycles. The molecule has 3 heterocycles. The molecular weight excluding hydrogens is 602 g/mol. The van der Waals surface area contributed by atoms with Crippen LogP contribution in [0.2, 0.25) is 0 Å². The minimum absolute atomic E-state index is 0.0243. The zero-order chi connectivity index (χ0) is 34.1. The number of hydrogen-bond acceptors (Lipinski definition) is 7. The number of benzene rings is 1. The van der Waals surface area contributed by atoms with Gasteiger partial charge >= 0.3 is 12.1 Å². The Balaban J connectivity index is 1.34. The van der Waals surface area contributed by atoms with Gasteiger partial charge in [-0.15, -0.1) is 0 Å². The van der Waals surface area contributed by atoms with Crippen LogP contribution in [0.25, 0.3) is 16.0 Å². The number of esters is 1. The lowest BCUT2D eigenvalue weighted by Gasteiger charge is -2.35. The number of aromatic nitrogens is 1. The monoisotopic (exact) mass is 647 g/mol. The average molecular weight is 648 g/mol. The Morgan fingerprint density at radius 3 is 2.43 bits per heavy atom. The van der Waals surface area contributed by atoms with Crippen LogP contribution in [0, 0.1) is 24.2 Å². The van der Waals surface area contributed by atoms with E-state index in [0.29, 0.717) is 61.6 Å². The van der Waals surface area contributed by atoms with E-state index in [1.54, 1.807) is 34.3 Å². The van der Waals surface area contributed by atoms with E-state index in [0.717, 1.165) is 25.7 Å². The fraction of sp³-hybridized carbons (Fsp3) is 0.556. The summed E-state index contributed by atoms with van der Waals surface area (Å²) in [4.78, 5) is 62.6. The number of rotatable bonds is 10. The molecule has 0 bridgehead atoms. The van der Waals surface area contributed by atoms with Crippen LogP contribution in [0.1, 0.15) is 83.6 Å². The van der Waals surface area contributed by atoms with Crippen LogP contribution in [-0.2, 0) is 23.9 Å². The summed E-state index contributed by atoms with van der Waals surface area (Å²) in [6, 6.07) is 6.10. The number of carbonyl (C=O) groups excluding carboxylic acids is 4. The SMILES string of the molecule is [C-]#[N+]c1ccc(-c2cncc(C(CC(=O)OC)CC(=O)[C@@H]3CCCN(C(=O)CCC4CCN(C(=O)OC(C)(C)C)CC4)C3)c2)cc1[18F]. The van der Waals surface area contributed by atoms with Crippen molar-refractivity contribution in [1.82, 2.24) is 14.8 Å². The lowest BCUT2D eigenvalue weighted by Crippen LogP contribution is -2.43. The molecule has 2 aromatic rings. The molecule has 2 atom stereocenters. The number of likely N-dealkylation sites (tertiary alicyclic amines) is 2. The normalized spacial score (nSPS) is 17.8. The van der Waals surface area contributed by atoms with Gasteiger partial charge in [-0.3, -0.25) is 19.4 Å². The summed E-state index contributed by atoms with van der Waals surface area (Å²) in [6.45, 7) is 14.8. The second-order valence-corrected chi connectivity index (χ2v) is 13.6. The second kappa shape index (κ2) is 16.0. The lowest BCUT2D eigenvalue weighted by atomic mass is 9.84. The van der Waals surface area contributed by atoms with Gasteiger partial charge in [0.1, 0.15) is 17.2 Å². The van der Waals surface area contributed by atoms with Gasteiger partial charge < -0.3 is 19.3 Å². The summed E-state index contributed by atoms with van der Waals surface area (Å²) in [5.41, 5.74) is 1.17. The molecular formula is C36H45FN4O6. The van der Waals surface area contributed by atoms with Crippen molar-refractivity contribution in [2.75, 3.05) is 33.3 Å². The molecule has 4 rings (SSSR count). The van der Waals surface area contributed by atoms with Crippen molar-refractivity contribution in [3.63, 3.8) is 0 Å². The molecule has 11 heteroatoms. The number of pyridine rings is 1. The third kappa shape index (κ3) is 10.1. The van der Waals surface area contributed by atoms with E-state index in [9.17, 15) is 23.6 Å². The first-order chi connectivity index (χ1) is 22.4. The number of carbonyl (C=O) groups is 4. The first-order valence-corrected chi connectivity index (χ1v) is 16.3. The van der Waals surface area contributed by atoms with Crippen molar-refractivity contribution in [2.24, 2.45) is 11.8 Å². The first-order valence-electron chi connectivity index (χ1n) is 16.3. The minimum Gasteiger partial charge on any atom is -0.469 e. The number of hydrogen-bond donors (Lipinski definition) is 0. The number of nitrogens with zero attached hydrogens (tertiary/aromatic N) is 4. The highest BCUT2D eigenvalue weighted by molar-refractivity contribution is 5.84. The molecule has 252 valence electrons. The maximum atomic E-state index is 14.3. The van der Waals surface area contributed by atoms with Crippen molar-refractivity contribution in [1.29, 1.82) is 0 Å². The van der Waals surface area contributed by atoms with Gasteiger partial charge in [-0.25, -0.2) is 14.0 Å². The van der Waals surface area contributed by atoms with Crippen LogP contribution in [0.4, 0.5) is 14.9 Å². The fourth-order valence-corrected chi connectivity index (χ4v) is 6.30. The number of halogens is 1. The molecule has 0 N–H and O–H groups in total. The Morgan fingerprint density at radius 1 is 1.02 bits per heavy atom. The quantitative estimate of drug-likeness (QED) is 0.208. The summed E-state index contributed by atoms with van der Waals surface area (Å²) in [7, 11) is 1.30. The lowest BCUT2D eigenvalue weighted by molar-refractivity contribution is -0.141. The van der Waals surface area contributed by atoms with Gasteiger partial charge in [-0.1, -0.05) is 12.1 Å². The van der Waals surface area contributed by atoms with E-state index in [4.69, 9.17) is 16.0 Å². The molecule has 1 unspecified atom stereocenters. The van der Waals surface area contributed by atoms with Crippen LogP contribution < -0.4 is 0 Å². The van der Waals surface area contributed by atoms with Crippen molar-refractivity contribution < 1.29 is 33.0 Å². The summed E-state index contributed by atoms with van der Waals surface area (Å²) in [5, 5.41) is 0. The molecule has 2 aliphatic heterocycles. The number of ether oxygens (including phenoxy) is 2.